The number of Topliss-reactive ketones (excluding diaryl/α,β-unsaturated/α-hetero) is 1. The summed E-state index contributed by atoms with van der Waals surface area (Å²) in [4.78, 5) is 23.6. The molecular weight excluding hydrogens is 306 g/mol. The molecule has 0 rings (SSSR count). The van der Waals surface area contributed by atoms with Crippen LogP contribution >= 0.6 is 0 Å². The predicted molar refractivity (Wildman–Crippen MR) is 96.6 cm³/mol. The van der Waals surface area contributed by atoms with Crippen molar-refractivity contribution < 1.29 is 19.8 Å². The maximum Gasteiger partial charge on any atom is 0.252 e. The quantitative estimate of drug-likeness (QED) is 0.423. The minimum Gasteiger partial charge on any atom is -0.382 e. The molecular formula is C19H37NO4. The number of aliphatic hydroxyl groups is 2. The smallest absolute Gasteiger partial charge is 0.252 e. The minimum absolute atomic E-state index is 0.206. The van der Waals surface area contributed by atoms with Crippen LogP contribution in [0.15, 0.2) is 0 Å². The fourth-order valence-corrected chi connectivity index (χ4v) is 2.49. The van der Waals surface area contributed by atoms with Crippen LogP contribution in [-0.2, 0) is 9.59 Å². The molecule has 2 unspecified atom stereocenters. The molecule has 2 atom stereocenters. The van der Waals surface area contributed by atoms with Crippen LogP contribution in [0.3, 0.4) is 0 Å². The summed E-state index contributed by atoms with van der Waals surface area (Å²) in [6.45, 7) is 9.07. The Bertz CT molecular complexity index is 321. The van der Waals surface area contributed by atoms with Crippen LogP contribution in [-0.4, -0.2) is 40.7 Å². The molecule has 142 valence electrons. The van der Waals surface area contributed by atoms with E-state index in [4.69, 9.17) is 0 Å². The number of carbonyl (C=O) groups is 2. The molecule has 0 aliphatic carbocycles. The molecule has 0 fully saturated rings. The van der Waals surface area contributed by atoms with Crippen molar-refractivity contribution in [2.75, 3.05) is 6.54 Å². The third-order valence-electron chi connectivity index (χ3n) is 4.11. The van der Waals surface area contributed by atoms with Gasteiger partial charge in [0.2, 0.25) is 0 Å². The summed E-state index contributed by atoms with van der Waals surface area (Å²) >= 11 is 0. The van der Waals surface area contributed by atoms with Crippen molar-refractivity contribution >= 4 is 11.7 Å². The Morgan fingerprint density at radius 1 is 0.792 bits per heavy atom. The summed E-state index contributed by atoms with van der Waals surface area (Å²) < 4.78 is 0. The van der Waals surface area contributed by atoms with Gasteiger partial charge in [-0.05, 0) is 24.7 Å². The first-order chi connectivity index (χ1) is 11.3. The monoisotopic (exact) mass is 343 g/mol. The Morgan fingerprint density at radius 3 is 1.88 bits per heavy atom. The molecule has 0 aliphatic rings. The largest absolute Gasteiger partial charge is 0.382 e. The number of aliphatic hydroxyl groups excluding tert-OH is 2. The van der Waals surface area contributed by atoms with Gasteiger partial charge in [-0.15, -0.1) is 0 Å². The second kappa shape index (κ2) is 13.4. The van der Waals surface area contributed by atoms with E-state index in [0.717, 1.165) is 38.5 Å². The van der Waals surface area contributed by atoms with Gasteiger partial charge < -0.3 is 15.5 Å². The van der Waals surface area contributed by atoms with Crippen molar-refractivity contribution in [3.8, 4) is 0 Å². The zero-order valence-corrected chi connectivity index (χ0v) is 15.9. The maximum atomic E-state index is 11.8. The van der Waals surface area contributed by atoms with Gasteiger partial charge in [-0.3, -0.25) is 9.59 Å². The summed E-state index contributed by atoms with van der Waals surface area (Å²) in [6.07, 6.45) is 3.64. The lowest BCUT2D eigenvalue weighted by atomic mass is 10.0. The number of unbranched alkanes of at least 4 members (excludes halogenated alkanes) is 3. The van der Waals surface area contributed by atoms with E-state index in [1.165, 1.54) is 0 Å². The van der Waals surface area contributed by atoms with E-state index >= 15 is 0 Å². The highest BCUT2D eigenvalue weighted by Gasteiger charge is 2.29. The Balaban J connectivity index is 3.91. The van der Waals surface area contributed by atoms with Crippen molar-refractivity contribution in [1.29, 1.82) is 0 Å². The van der Waals surface area contributed by atoms with Gasteiger partial charge in [0, 0.05) is 13.0 Å². The molecule has 0 bridgehead atoms. The highest BCUT2D eigenvalue weighted by molar-refractivity contribution is 5.91. The lowest BCUT2D eigenvalue weighted by molar-refractivity contribution is -0.144. The van der Waals surface area contributed by atoms with Crippen LogP contribution < -0.4 is 5.32 Å². The number of amides is 1. The summed E-state index contributed by atoms with van der Waals surface area (Å²) in [7, 11) is 0. The van der Waals surface area contributed by atoms with Gasteiger partial charge in [-0.1, -0.05) is 59.8 Å². The van der Waals surface area contributed by atoms with Crippen molar-refractivity contribution in [3.05, 3.63) is 0 Å². The molecule has 0 saturated heterocycles. The number of hydrogen-bond acceptors (Lipinski definition) is 4. The van der Waals surface area contributed by atoms with Crippen molar-refractivity contribution in [1.82, 2.24) is 5.32 Å². The molecule has 0 aliphatic heterocycles. The lowest BCUT2D eigenvalue weighted by Gasteiger charge is -2.16. The average molecular weight is 344 g/mol. The summed E-state index contributed by atoms with van der Waals surface area (Å²) in [5, 5.41) is 22.2. The Kier molecular flexibility index (Phi) is 12.8. The van der Waals surface area contributed by atoms with Crippen LogP contribution in [0.2, 0.25) is 0 Å². The maximum absolute atomic E-state index is 11.8. The second-order valence-electron chi connectivity index (χ2n) is 7.53. The topological polar surface area (TPSA) is 86.6 Å². The minimum atomic E-state index is -1.67. The van der Waals surface area contributed by atoms with Gasteiger partial charge in [0.25, 0.3) is 5.91 Å². The highest BCUT2D eigenvalue weighted by Crippen LogP contribution is 2.11. The second-order valence-corrected chi connectivity index (χ2v) is 7.53. The zero-order valence-electron chi connectivity index (χ0n) is 15.9. The molecule has 3 N–H and O–H groups in total. The zero-order chi connectivity index (χ0) is 18.5. The Morgan fingerprint density at radius 2 is 1.33 bits per heavy atom. The molecule has 0 spiro atoms. The van der Waals surface area contributed by atoms with E-state index in [9.17, 15) is 19.8 Å². The molecule has 0 aromatic heterocycles. The number of hydrogen-bond donors (Lipinski definition) is 3. The van der Waals surface area contributed by atoms with E-state index in [2.05, 4.69) is 33.0 Å². The molecule has 0 aromatic carbocycles. The van der Waals surface area contributed by atoms with E-state index in [0.29, 0.717) is 24.8 Å². The first-order valence-corrected chi connectivity index (χ1v) is 9.42. The van der Waals surface area contributed by atoms with Gasteiger partial charge in [-0.2, -0.15) is 0 Å². The van der Waals surface area contributed by atoms with Gasteiger partial charge >= 0.3 is 0 Å². The third-order valence-corrected chi connectivity index (χ3v) is 4.11. The van der Waals surface area contributed by atoms with E-state index in [-0.39, 0.29) is 6.42 Å². The Labute approximate surface area is 147 Å². The van der Waals surface area contributed by atoms with Gasteiger partial charge in [0.1, 0.15) is 6.10 Å². The predicted octanol–water partition coefficient (Wildman–Crippen LogP) is 2.83. The van der Waals surface area contributed by atoms with Crippen molar-refractivity contribution in [2.24, 2.45) is 11.8 Å². The van der Waals surface area contributed by atoms with Crippen LogP contribution in [0.25, 0.3) is 0 Å². The van der Waals surface area contributed by atoms with Crippen LogP contribution in [0, 0.1) is 11.8 Å². The summed E-state index contributed by atoms with van der Waals surface area (Å²) in [5.74, 6) is 0.158. The Hall–Kier alpha value is -0.940. The van der Waals surface area contributed by atoms with E-state index in [1.54, 1.807) is 0 Å². The van der Waals surface area contributed by atoms with Crippen molar-refractivity contribution in [3.63, 3.8) is 0 Å². The number of carbonyl (C=O) groups excluding carboxylic acids is 2. The average Bonchev–Trinajstić information content (AvgIpc) is 2.51. The third kappa shape index (κ3) is 11.6. The lowest BCUT2D eigenvalue weighted by Crippen LogP contribution is -2.45. The highest BCUT2D eigenvalue weighted by atomic mass is 16.3. The fraction of sp³-hybridized carbons (Fsp3) is 0.895. The molecule has 1 amide bonds. The van der Waals surface area contributed by atoms with E-state index < -0.39 is 23.9 Å². The number of ketones is 1. The molecule has 24 heavy (non-hydrogen) atoms. The number of nitrogens with one attached hydrogen (secondary N) is 1. The molecule has 0 radical (unpaired) electrons. The van der Waals surface area contributed by atoms with Gasteiger partial charge in [-0.25, -0.2) is 0 Å². The van der Waals surface area contributed by atoms with Crippen LogP contribution in [0.5, 0.6) is 0 Å². The molecule has 0 heterocycles. The molecule has 0 aromatic rings. The normalized spacial score (nSPS) is 14.0. The summed E-state index contributed by atoms with van der Waals surface area (Å²) in [6, 6.07) is 0. The standard InChI is InChI=1S/C19H37NO4/c1-14(2)10-6-5-7-12-16(21)17(22)18(23)19(24)20-13-9-8-11-15(3)4/h14-15,17-18,22-23H,5-13H2,1-4H3,(H,20,24). The molecule has 0 saturated carbocycles. The molecule has 5 heteroatoms. The molecule has 5 nitrogen and oxygen atoms in total. The van der Waals surface area contributed by atoms with E-state index in [1.807, 2.05) is 0 Å². The van der Waals surface area contributed by atoms with Crippen molar-refractivity contribution in [2.45, 2.75) is 91.3 Å². The first-order valence-electron chi connectivity index (χ1n) is 9.42. The SMILES string of the molecule is CC(C)CCCCCC(=O)C(O)C(O)C(=O)NCCCCC(C)C. The van der Waals surface area contributed by atoms with Gasteiger partial charge in [0.05, 0.1) is 0 Å². The number of rotatable bonds is 14. The van der Waals surface area contributed by atoms with Crippen LogP contribution in [0.4, 0.5) is 0 Å². The van der Waals surface area contributed by atoms with Crippen LogP contribution in [0.1, 0.15) is 79.1 Å². The first kappa shape index (κ1) is 23.1. The van der Waals surface area contributed by atoms with Gasteiger partial charge in [0.15, 0.2) is 11.9 Å². The summed E-state index contributed by atoms with van der Waals surface area (Å²) in [5.41, 5.74) is 0. The fourth-order valence-electron chi connectivity index (χ4n) is 2.49.